The maximum absolute atomic E-state index is 12.5. The van der Waals surface area contributed by atoms with E-state index in [1.54, 1.807) is 6.08 Å². The van der Waals surface area contributed by atoms with Gasteiger partial charge in [-0.1, -0.05) is 345 Å². The smallest absolute Gasteiger partial charge is 0.220 e. The van der Waals surface area contributed by atoms with E-state index >= 15 is 0 Å². The van der Waals surface area contributed by atoms with E-state index in [9.17, 15) is 15.0 Å². The molecule has 0 fully saturated rings. The Morgan fingerprint density at radius 3 is 0.877 bits per heavy atom. The zero-order chi connectivity index (χ0) is 52.7. The molecule has 0 aromatic rings. The largest absolute Gasteiger partial charge is 0.394 e. The average molecular weight is 1020 g/mol. The van der Waals surface area contributed by atoms with Crippen molar-refractivity contribution in [3.63, 3.8) is 0 Å². The highest BCUT2D eigenvalue weighted by Gasteiger charge is 2.18. The second-order valence-electron chi connectivity index (χ2n) is 22.9. The molecule has 0 spiro atoms. The van der Waals surface area contributed by atoms with Crippen molar-refractivity contribution in [2.45, 2.75) is 379 Å². The molecule has 0 aliphatic rings. The Morgan fingerprint density at radius 1 is 0.329 bits per heavy atom. The lowest BCUT2D eigenvalue weighted by molar-refractivity contribution is -0.123. The number of aliphatic hydroxyl groups is 2. The summed E-state index contributed by atoms with van der Waals surface area (Å²) in [7, 11) is 0. The summed E-state index contributed by atoms with van der Waals surface area (Å²) in [5.74, 6) is -0.0671. The van der Waals surface area contributed by atoms with Crippen LogP contribution in [0, 0.1) is 0 Å². The van der Waals surface area contributed by atoms with E-state index in [2.05, 4.69) is 55.6 Å². The van der Waals surface area contributed by atoms with Crippen LogP contribution in [0.25, 0.3) is 0 Å². The number of carbonyl (C=O) groups is 1. The van der Waals surface area contributed by atoms with Crippen LogP contribution in [-0.2, 0) is 4.79 Å². The minimum absolute atomic E-state index is 0.0671. The van der Waals surface area contributed by atoms with Gasteiger partial charge in [0.25, 0.3) is 0 Å². The Labute approximate surface area is 458 Å². The summed E-state index contributed by atoms with van der Waals surface area (Å²) in [4.78, 5) is 12.5. The van der Waals surface area contributed by atoms with Gasteiger partial charge in [-0.3, -0.25) is 4.79 Å². The quantitative estimate of drug-likeness (QED) is 0.0420. The van der Waals surface area contributed by atoms with E-state index in [4.69, 9.17) is 0 Å². The maximum atomic E-state index is 12.5. The highest BCUT2D eigenvalue weighted by Crippen LogP contribution is 2.18. The van der Waals surface area contributed by atoms with Crippen molar-refractivity contribution in [2.24, 2.45) is 0 Å². The molecule has 430 valence electrons. The number of nitrogens with one attached hydrogen (secondary N) is 1. The molecule has 0 aliphatic carbocycles. The summed E-state index contributed by atoms with van der Waals surface area (Å²) in [5, 5.41) is 23.2. The van der Waals surface area contributed by atoms with E-state index < -0.39 is 12.1 Å². The van der Waals surface area contributed by atoms with Crippen LogP contribution in [-0.4, -0.2) is 34.9 Å². The lowest BCUT2D eigenvalue weighted by Crippen LogP contribution is -2.45. The first-order valence-corrected chi connectivity index (χ1v) is 33.4. The number of rotatable bonds is 62. The number of hydrogen-bond acceptors (Lipinski definition) is 3. The number of unbranched alkanes of at least 4 members (excludes halogenated alkanes) is 49. The summed E-state index contributed by atoms with van der Waals surface area (Å²) in [5.41, 5.74) is 0. The van der Waals surface area contributed by atoms with Crippen molar-refractivity contribution in [2.75, 3.05) is 6.61 Å². The molecule has 0 heterocycles. The third kappa shape index (κ3) is 61.1. The maximum Gasteiger partial charge on any atom is 0.220 e. The van der Waals surface area contributed by atoms with E-state index in [1.807, 2.05) is 6.08 Å². The first-order valence-electron chi connectivity index (χ1n) is 33.4. The molecule has 4 heteroatoms. The summed E-state index contributed by atoms with van der Waals surface area (Å²) >= 11 is 0. The van der Waals surface area contributed by atoms with Gasteiger partial charge in [0.05, 0.1) is 18.8 Å². The van der Waals surface area contributed by atoms with Crippen LogP contribution in [0.3, 0.4) is 0 Å². The molecule has 0 saturated carbocycles. The Morgan fingerprint density at radius 2 is 0.575 bits per heavy atom. The molecule has 1 amide bonds. The van der Waals surface area contributed by atoms with Crippen molar-refractivity contribution in [1.29, 1.82) is 0 Å². The number of carbonyl (C=O) groups excluding carboxylic acids is 1. The fourth-order valence-electron chi connectivity index (χ4n) is 10.5. The molecule has 4 nitrogen and oxygen atoms in total. The fraction of sp³-hybridized carbons (Fsp3) is 0.870. The van der Waals surface area contributed by atoms with Gasteiger partial charge in [-0.25, -0.2) is 0 Å². The van der Waals surface area contributed by atoms with Gasteiger partial charge in [0, 0.05) is 6.42 Å². The van der Waals surface area contributed by atoms with Crippen molar-refractivity contribution in [3.8, 4) is 0 Å². The predicted octanol–water partition coefficient (Wildman–Crippen LogP) is 22.5. The monoisotopic (exact) mass is 1020 g/mol. The normalized spacial score (nSPS) is 13.0. The summed E-state index contributed by atoms with van der Waals surface area (Å²) < 4.78 is 0. The summed E-state index contributed by atoms with van der Waals surface area (Å²) in [6.07, 6.45) is 90.4. The minimum atomic E-state index is -0.863. The number of amides is 1. The zero-order valence-electron chi connectivity index (χ0n) is 49.7. The first kappa shape index (κ1) is 71.3. The van der Waals surface area contributed by atoms with Gasteiger partial charge in [-0.2, -0.15) is 0 Å². The molecule has 0 saturated heterocycles. The summed E-state index contributed by atoms with van der Waals surface area (Å²) in [6.45, 7) is 4.33. The molecular weight excluding hydrogens is 891 g/mol. The third-order valence-electron chi connectivity index (χ3n) is 15.5. The molecule has 0 aromatic heterocycles. The van der Waals surface area contributed by atoms with Crippen LogP contribution in [0.15, 0.2) is 48.6 Å². The third-order valence-corrected chi connectivity index (χ3v) is 15.5. The second-order valence-corrected chi connectivity index (χ2v) is 22.9. The van der Waals surface area contributed by atoms with Crippen molar-refractivity contribution < 1.29 is 15.0 Å². The van der Waals surface area contributed by atoms with Crippen LogP contribution in [0.2, 0.25) is 0 Å². The molecular formula is C69H131NO3. The SMILES string of the molecule is CCCCCCC/C=C\C/C=C\CCCCCCCCCCCCCCCCCCCCCCCC(=O)NC(CO)C(O)/C=C/CC/C=C/CCCCCCCCCCCCCCCCCCCCCCCC. The molecule has 0 aromatic carbocycles. The molecule has 0 bridgehead atoms. The molecule has 0 aliphatic heterocycles. The van der Waals surface area contributed by atoms with Gasteiger partial charge in [-0.05, 0) is 64.2 Å². The topological polar surface area (TPSA) is 69.6 Å². The Hall–Kier alpha value is -1.65. The first-order chi connectivity index (χ1) is 36.2. The Balaban J connectivity index is 3.46. The molecule has 2 unspecified atom stereocenters. The van der Waals surface area contributed by atoms with Crippen molar-refractivity contribution in [1.82, 2.24) is 5.32 Å². The Kier molecular flexibility index (Phi) is 63.2. The summed E-state index contributed by atoms with van der Waals surface area (Å²) in [6, 6.07) is -0.640. The highest BCUT2D eigenvalue weighted by atomic mass is 16.3. The highest BCUT2D eigenvalue weighted by molar-refractivity contribution is 5.76. The van der Waals surface area contributed by atoms with E-state index in [-0.39, 0.29) is 12.5 Å². The van der Waals surface area contributed by atoms with Crippen molar-refractivity contribution in [3.05, 3.63) is 48.6 Å². The average Bonchev–Trinajstić information content (AvgIpc) is 3.40. The standard InChI is InChI=1S/C69H131NO3/c1-3-5-7-9-11-13-15-17-19-21-23-25-27-29-31-33-34-35-36-37-39-41-43-45-47-49-51-53-55-57-59-61-63-65-69(73)70-67(66-71)68(72)64-62-60-58-56-54-52-50-48-46-44-42-40-38-32-30-28-26-24-22-20-18-16-14-12-10-8-6-4-2/h15,17,21,23,54,56,62,64,67-68,71-72H,3-14,16,18-20,22,24-53,55,57-61,63,65-66H2,1-2H3,(H,70,73)/b17-15-,23-21-,56-54+,64-62+. The molecule has 0 rings (SSSR count). The van der Waals surface area contributed by atoms with Crippen LogP contribution < -0.4 is 5.32 Å². The lowest BCUT2D eigenvalue weighted by Gasteiger charge is -2.19. The molecule has 3 N–H and O–H groups in total. The minimum Gasteiger partial charge on any atom is -0.394 e. The van der Waals surface area contributed by atoms with Crippen molar-refractivity contribution >= 4 is 5.91 Å². The van der Waals surface area contributed by atoms with E-state index in [1.165, 1.54) is 308 Å². The van der Waals surface area contributed by atoms with Gasteiger partial charge in [-0.15, -0.1) is 0 Å². The van der Waals surface area contributed by atoms with E-state index in [0.29, 0.717) is 6.42 Å². The molecule has 73 heavy (non-hydrogen) atoms. The van der Waals surface area contributed by atoms with Crippen LogP contribution in [0.4, 0.5) is 0 Å². The van der Waals surface area contributed by atoms with Gasteiger partial charge >= 0.3 is 0 Å². The fourth-order valence-corrected chi connectivity index (χ4v) is 10.5. The van der Waals surface area contributed by atoms with Crippen LogP contribution in [0.1, 0.15) is 367 Å². The predicted molar refractivity (Wildman–Crippen MR) is 327 cm³/mol. The van der Waals surface area contributed by atoms with Gasteiger partial charge in [0.15, 0.2) is 0 Å². The molecule has 2 atom stereocenters. The van der Waals surface area contributed by atoms with Gasteiger partial charge in [0.2, 0.25) is 5.91 Å². The number of aliphatic hydroxyl groups excluding tert-OH is 2. The second kappa shape index (κ2) is 64.6. The number of allylic oxidation sites excluding steroid dienone is 7. The van der Waals surface area contributed by atoms with Crippen LogP contribution >= 0.6 is 0 Å². The number of hydrogen-bond donors (Lipinski definition) is 3. The van der Waals surface area contributed by atoms with E-state index in [0.717, 1.165) is 38.5 Å². The van der Waals surface area contributed by atoms with Gasteiger partial charge in [0.1, 0.15) is 0 Å². The van der Waals surface area contributed by atoms with Gasteiger partial charge < -0.3 is 15.5 Å². The molecule has 0 radical (unpaired) electrons. The lowest BCUT2D eigenvalue weighted by atomic mass is 10.0. The van der Waals surface area contributed by atoms with Crippen LogP contribution in [0.5, 0.6) is 0 Å². The zero-order valence-corrected chi connectivity index (χ0v) is 49.7. The Bertz CT molecular complexity index is 1160.